The molecule has 0 atom stereocenters. The van der Waals surface area contributed by atoms with E-state index in [1.165, 1.54) is 73.1 Å². The first-order valence-corrected chi connectivity index (χ1v) is 47.3. The van der Waals surface area contributed by atoms with Crippen molar-refractivity contribution in [3.05, 3.63) is 356 Å². The van der Waals surface area contributed by atoms with Crippen LogP contribution in [0.5, 0.6) is 0 Å². The van der Waals surface area contributed by atoms with Crippen LogP contribution in [0, 0.1) is 22.7 Å². The zero-order chi connectivity index (χ0) is 104. The minimum atomic E-state index is -4.96. The Morgan fingerprint density at radius 1 is 0.429 bits per heavy atom. The molecule has 17 heterocycles. The number of aromatic nitrogens is 23. The van der Waals surface area contributed by atoms with E-state index in [0.29, 0.717) is 98.4 Å². The molecule has 12 N–H and O–H groups in total. The number of nitrogens with zero attached hydrogens (tertiary/aromatic N) is 26. The molecule has 4 aromatic carbocycles. The summed E-state index contributed by atoms with van der Waals surface area (Å²) in [6.45, 7) is 5.54. The lowest BCUT2D eigenvalue weighted by Gasteiger charge is -2.38. The smallest absolute Gasteiger partial charge is 0.444 e. The first-order chi connectivity index (χ1) is 70.7. The number of rotatable bonds is 14. The zero-order valence-corrected chi connectivity index (χ0v) is 83.2. The van der Waals surface area contributed by atoms with Crippen molar-refractivity contribution in [1.29, 1.82) is 10.5 Å². The molecular weight excluding hydrogens is 2090 g/mol. The summed E-state index contributed by atoms with van der Waals surface area (Å²) in [5.41, 5.74) is 29.7. The number of hydrogen-bond acceptors (Lipinski definition) is 30. The molecular formula is C101H90Br3F3N32O8. The number of carbonyl (C=O) groups is 2. The number of aromatic amines is 1. The van der Waals surface area contributed by atoms with Gasteiger partial charge in [-0.05, 0) is 179 Å². The second kappa shape index (κ2) is 46.7. The van der Waals surface area contributed by atoms with Crippen molar-refractivity contribution in [3.8, 4) is 85.6 Å². The van der Waals surface area contributed by atoms with Gasteiger partial charge < -0.3 is 52.4 Å². The number of carbonyl (C=O) groups excluding carboxylic acids is 2. The van der Waals surface area contributed by atoms with Crippen LogP contribution in [0.1, 0.15) is 57.6 Å². The minimum Gasteiger partial charge on any atom is -0.444 e. The largest absolute Gasteiger partial charge is 0.471 e. The molecule has 19 aromatic rings. The third-order valence-electron chi connectivity index (χ3n) is 22.7. The summed E-state index contributed by atoms with van der Waals surface area (Å²) in [6, 6.07) is 69.2. The Kier molecular flexibility index (Phi) is 32.9. The predicted molar refractivity (Wildman–Crippen MR) is 554 cm³/mol. The van der Waals surface area contributed by atoms with E-state index in [1.54, 1.807) is 75.8 Å². The number of anilines is 4. The van der Waals surface area contributed by atoms with Crippen molar-refractivity contribution in [2.24, 2.45) is 5.84 Å². The van der Waals surface area contributed by atoms with E-state index in [1.807, 2.05) is 221 Å². The molecule has 15 aromatic heterocycles. The summed E-state index contributed by atoms with van der Waals surface area (Å²) in [6.07, 6.45) is 18.0. The summed E-state index contributed by atoms with van der Waals surface area (Å²) in [7, 11) is 0. The maximum atomic E-state index is 13.2. The lowest BCUT2D eigenvalue weighted by Crippen LogP contribution is -2.52. The monoisotopic (exact) mass is 2170 g/mol. The number of alkyl halides is 3. The molecule has 0 radical (unpaired) electrons. The summed E-state index contributed by atoms with van der Waals surface area (Å²) in [5, 5.41) is 61.6. The number of likely N-dealkylation sites (tertiary alicyclic amines) is 2. The summed E-state index contributed by atoms with van der Waals surface area (Å²) < 4.78 is 56.1. The standard InChI is InChI=1S/C27H30N6O4.C24H21F3N6O3.C16H11N5O.C15H11N5.C9H6BrN5.C5H6BrN3.C5H5BrN2/c1-26(2,3)37-25(35)31-13-11-27(36,12-14-31)17-32-18-29-23-21(24(32)34)16-30-33(23)20-9-10-22(28-15-20)19-7-5-4-6-8-19;25-24(26,27)22(35)31-10-8-23(36,9-11-31)14-32-15-29-20-18(21(32)34)13-30-33(20)17-6-7-19(28-12-17)16-4-2-1-3-5-16;22-16-13-9-20-21(15(13)18-10-19-16)12-6-7-14(17-8-12)11-4-2-1-3-5-11;16-8-12-9-19-20(15(12)17)13-6-7-14(18-10-13)11-4-2-1-3-5-11;10-8-2-1-7(5-13-8)15-9(12)6(3-11)4-14-15;6-5-2-1-4(9-7)3-8-5;6-5-2-1-4(7)3-8-5/h4-10,15-16,18,36H,11-14,17H2,1-3H3;1-7,12-13,15,36H,8-11,14H2;1-10H,(H,18,19,22);1-7,9-10H,17H2;1-2,4-5H,12H2;1-3,9H,7H2;1-3H,7H2. The van der Waals surface area contributed by atoms with Crippen molar-refractivity contribution in [2.75, 3.05) is 48.8 Å². The Morgan fingerprint density at radius 2 is 0.769 bits per heavy atom. The van der Waals surface area contributed by atoms with Gasteiger partial charge in [-0.3, -0.25) is 54.1 Å². The fraction of sp³-hybridized carbons (Fsp3) is 0.168. The topological polar surface area (TPSA) is 549 Å². The second-order valence-electron chi connectivity index (χ2n) is 33.9. The zero-order valence-electron chi connectivity index (χ0n) is 78.4. The Bertz CT molecular complexity index is 8000. The lowest BCUT2D eigenvalue weighted by atomic mass is 9.91. The van der Waals surface area contributed by atoms with Crippen molar-refractivity contribution >= 4 is 116 Å². The molecule has 0 bridgehead atoms. The number of piperidine rings is 2. The summed E-state index contributed by atoms with van der Waals surface area (Å²) in [4.78, 5) is 109. The predicted octanol–water partition coefficient (Wildman–Crippen LogP) is 14.6. The average molecular weight is 2180 g/mol. The SMILES string of the molecule is CC(C)(C)OC(=O)N1CCC(O)(Cn2cnc3c(cnn3-c3ccc(-c4ccccc4)nc3)c2=O)CC1.N#Cc1cnn(-c2ccc(-c3ccccc3)nc2)c1N.N#Cc1cnn(-c2ccc(Br)nc2)c1N.NNc1ccc(Br)nc1.Nc1ccc(Br)nc1.O=C(N1CCC(O)(Cn2cnc3c(cnn3-c3ccc(-c4ccccc4)nc3)c2=O)CC1)C(F)(F)F.O=c1[nH]cnc2c1cnn2-c1ccc(-c2ccccc2)nc1. The molecule has 2 amide bonds. The van der Waals surface area contributed by atoms with E-state index >= 15 is 0 Å². The minimum absolute atomic E-state index is 0.0788. The Hall–Kier alpha value is -17.6. The Balaban J connectivity index is 0.000000136. The van der Waals surface area contributed by atoms with Crippen LogP contribution in [0.3, 0.4) is 0 Å². The van der Waals surface area contributed by atoms with Gasteiger partial charge >= 0.3 is 18.2 Å². The number of fused-ring (bicyclic) bond motifs is 3. The maximum absolute atomic E-state index is 13.2. The number of aliphatic hydroxyl groups is 2. The number of hydrazine groups is 1. The highest BCUT2D eigenvalue weighted by Crippen LogP contribution is 2.32. The third-order valence-corrected chi connectivity index (χ3v) is 24.1. The molecule has 2 aliphatic rings. The van der Waals surface area contributed by atoms with Crippen molar-refractivity contribution in [1.82, 2.24) is 123 Å². The van der Waals surface area contributed by atoms with Gasteiger partial charge in [-0.2, -0.15) is 49.2 Å². The van der Waals surface area contributed by atoms with Gasteiger partial charge in [0.15, 0.2) is 16.9 Å². The van der Waals surface area contributed by atoms with E-state index in [2.05, 4.69) is 134 Å². The first-order valence-electron chi connectivity index (χ1n) is 44.9. The fourth-order valence-electron chi connectivity index (χ4n) is 15.0. The average Bonchev–Trinajstić information content (AvgIpc) is 1.68. The van der Waals surface area contributed by atoms with Crippen LogP contribution in [-0.4, -0.2) is 194 Å². The number of halogens is 6. The first kappa shape index (κ1) is 104. The Labute approximate surface area is 859 Å². The van der Waals surface area contributed by atoms with Crippen molar-refractivity contribution < 1.29 is 37.7 Å². The molecule has 46 heteroatoms. The summed E-state index contributed by atoms with van der Waals surface area (Å²) in [5.74, 6) is 3.81. The third kappa shape index (κ3) is 26.1. The molecule has 147 heavy (non-hydrogen) atoms. The highest BCUT2D eigenvalue weighted by Gasteiger charge is 2.46. The normalized spacial score (nSPS) is 12.9. The molecule has 2 aliphatic heterocycles. The number of nitriles is 2. The van der Waals surface area contributed by atoms with Gasteiger partial charge in [0.25, 0.3) is 16.7 Å². The van der Waals surface area contributed by atoms with E-state index in [-0.39, 0.29) is 55.5 Å². The number of ether oxygens (including phenoxy) is 1. The number of amides is 2. The number of H-pyrrole nitrogens is 1. The highest BCUT2D eigenvalue weighted by atomic mass is 79.9. The van der Waals surface area contributed by atoms with Gasteiger partial charge in [-0.25, -0.2) is 58.1 Å². The molecule has 40 nitrogen and oxygen atoms in total. The number of hydrogen-bond donors (Lipinski definition) is 8. The van der Waals surface area contributed by atoms with Crippen LogP contribution in [0.15, 0.2) is 328 Å². The quantitative estimate of drug-likeness (QED) is 0.0285. The molecule has 0 aliphatic carbocycles. The number of nitrogens with one attached hydrogen (secondary N) is 2. The second-order valence-corrected chi connectivity index (χ2v) is 36.4. The molecule has 0 spiro atoms. The van der Waals surface area contributed by atoms with Gasteiger partial charge in [-0.15, -0.1) is 0 Å². The van der Waals surface area contributed by atoms with E-state index in [4.69, 9.17) is 38.3 Å². The number of pyridine rings is 7. The van der Waals surface area contributed by atoms with E-state index in [0.717, 1.165) is 81.6 Å². The van der Waals surface area contributed by atoms with Crippen LogP contribution < -0.4 is 45.1 Å². The van der Waals surface area contributed by atoms with Gasteiger partial charge in [0.05, 0.1) is 168 Å². The molecule has 0 saturated carbocycles. The van der Waals surface area contributed by atoms with E-state index < -0.39 is 40.5 Å². The highest BCUT2D eigenvalue weighted by molar-refractivity contribution is 9.11. The Morgan fingerprint density at radius 3 is 1.09 bits per heavy atom. The number of nitrogen functional groups attached to an aromatic ring is 4. The molecule has 0 unspecified atom stereocenters. The van der Waals surface area contributed by atoms with Gasteiger partial charge in [0.1, 0.15) is 83.1 Å². The van der Waals surface area contributed by atoms with Crippen LogP contribution in [0.2, 0.25) is 0 Å². The summed E-state index contributed by atoms with van der Waals surface area (Å²) >= 11 is 9.60. The molecule has 744 valence electrons. The van der Waals surface area contributed by atoms with Crippen LogP contribution >= 0.6 is 47.8 Å². The number of benzene rings is 4. The fourth-order valence-corrected chi connectivity index (χ4v) is 15.7. The van der Waals surface area contributed by atoms with Gasteiger partial charge in [0, 0.05) is 48.4 Å². The number of nitrogens with two attached hydrogens (primary N) is 4. The molecule has 2 fully saturated rings. The van der Waals surface area contributed by atoms with Crippen LogP contribution in [0.4, 0.5) is 41.0 Å². The van der Waals surface area contributed by atoms with Crippen LogP contribution in [0.25, 0.3) is 107 Å². The lowest BCUT2D eigenvalue weighted by molar-refractivity contribution is -0.188. The van der Waals surface area contributed by atoms with Crippen molar-refractivity contribution in [2.45, 2.75) is 82.5 Å². The van der Waals surface area contributed by atoms with E-state index in [9.17, 15) is 47.4 Å². The van der Waals surface area contributed by atoms with Gasteiger partial charge in [0.2, 0.25) is 0 Å². The molecule has 2 saturated heterocycles. The van der Waals surface area contributed by atoms with Crippen LogP contribution in [-0.2, 0) is 22.6 Å². The van der Waals surface area contributed by atoms with Crippen molar-refractivity contribution in [3.63, 3.8) is 0 Å². The van der Waals surface area contributed by atoms with Gasteiger partial charge in [-0.1, -0.05) is 121 Å². The maximum Gasteiger partial charge on any atom is 0.471 e. The molecule has 21 rings (SSSR count).